The molecule has 1 unspecified atom stereocenters. The maximum atomic E-state index is 13.5. The number of carbonyl (C=O) groups excluding carboxylic acids is 1. The number of carbonyl (C=O) groups is 1. The Morgan fingerprint density at radius 2 is 1.94 bits per heavy atom. The normalized spacial score (nSPS) is 15.6. The number of hydrogen-bond acceptors (Lipinski definition) is 5. The molecule has 0 bridgehead atoms. The van der Waals surface area contributed by atoms with Gasteiger partial charge in [-0.1, -0.05) is 42.5 Å². The van der Waals surface area contributed by atoms with Crippen LogP contribution >= 0.6 is 0 Å². The summed E-state index contributed by atoms with van der Waals surface area (Å²) in [5, 5.41) is 6.96. The highest BCUT2D eigenvalue weighted by Gasteiger charge is 2.23. The second-order valence-corrected chi connectivity index (χ2v) is 8.73. The lowest BCUT2D eigenvalue weighted by Gasteiger charge is -2.26. The predicted octanol–water partition coefficient (Wildman–Crippen LogP) is 4.05. The van der Waals surface area contributed by atoms with Crippen molar-refractivity contribution in [2.45, 2.75) is 38.8 Å². The van der Waals surface area contributed by atoms with Gasteiger partial charge in [0.2, 0.25) is 5.91 Å². The molecule has 4 aromatic rings. The smallest absolute Gasteiger partial charge is 0.227 e. The quantitative estimate of drug-likeness (QED) is 0.401. The Morgan fingerprint density at radius 3 is 2.76 bits per heavy atom. The molecule has 0 radical (unpaired) electrons. The van der Waals surface area contributed by atoms with Crippen LogP contribution in [0.15, 0.2) is 67.0 Å². The number of amides is 1. The van der Waals surface area contributed by atoms with Gasteiger partial charge in [0, 0.05) is 37.7 Å². The van der Waals surface area contributed by atoms with Crippen LogP contribution in [0.25, 0.3) is 22.2 Å². The molecule has 3 heterocycles. The molecule has 7 nitrogen and oxygen atoms in total. The first kappa shape index (κ1) is 22.2. The zero-order chi connectivity index (χ0) is 23.3. The highest BCUT2D eigenvalue weighted by molar-refractivity contribution is 5.90. The van der Waals surface area contributed by atoms with E-state index in [2.05, 4.69) is 33.3 Å². The fourth-order valence-corrected chi connectivity index (χ4v) is 4.54. The molecule has 1 aliphatic heterocycles. The van der Waals surface area contributed by atoms with Gasteiger partial charge in [0.05, 0.1) is 19.1 Å². The highest BCUT2D eigenvalue weighted by Crippen LogP contribution is 2.21. The van der Waals surface area contributed by atoms with Crippen molar-refractivity contribution in [3.63, 3.8) is 0 Å². The van der Waals surface area contributed by atoms with Crippen LogP contribution in [0.2, 0.25) is 0 Å². The van der Waals surface area contributed by atoms with E-state index < -0.39 is 0 Å². The molecule has 1 fully saturated rings. The molecule has 1 atom stereocenters. The molecular weight excluding hydrogens is 426 g/mol. The van der Waals surface area contributed by atoms with Crippen LogP contribution in [-0.2, 0) is 22.5 Å². The molecule has 1 amide bonds. The summed E-state index contributed by atoms with van der Waals surface area (Å²) in [5.74, 6) is 1.61. The van der Waals surface area contributed by atoms with Crippen LogP contribution in [0.1, 0.15) is 24.2 Å². The number of hydrogen-bond donors (Lipinski definition) is 0. The number of nitrogens with zero attached hydrogens (tertiary/aromatic N) is 5. The van der Waals surface area contributed by atoms with E-state index in [-0.39, 0.29) is 12.0 Å². The number of benzene rings is 2. The maximum absolute atomic E-state index is 13.5. The summed E-state index contributed by atoms with van der Waals surface area (Å²) >= 11 is 0. The minimum absolute atomic E-state index is 0.0979. The third kappa shape index (κ3) is 4.99. The standard InChI is InChI=1S/C27H29N5O2/c1-20-29-27(22-11-13-28-14-12-22)30-32(20)16-15-31(19-24-9-5-17-34-24)26(33)18-23-8-4-7-21-6-2-3-10-25(21)23/h2-4,6-8,10-14,24H,5,9,15-19H2,1H3. The van der Waals surface area contributed by atoms with Gasteiger partial charge in [-0.2, -0.15) is 5.10 Å². The lowest BCUT2D eigenvalue weighted by Crippen LogP contribution is -2.40. The van der Waals surface area contributed by atoms with Crippen molar-refractivity contribution < 1.29 is 9.53 Å². The third-order valence-corrected chi connectivity index (χ3v) is 6.40. The van der Waals surface area contributed by atoms with Crippen molar-refractivity contribution in [1.82, 2.24) is 24.6 Å². The zero-order valence-electron chi connectivity index (χ0n) is 19.4. The van der Waals surface area contributed by atoms with E-state index in [1.165, 1.54) is 0 Å². The third-order valence-electron chi connectivity index (χ3n) is 6.40. The zero-order valence-corrected chi connectivity index (χ0v) is 19.4. The summed E-state index contributed by atoms with van der Waals surface area (Å²) in [5.41, 5.74) is 1.98. The topological polar surface area (TPSA) is 73.1 Å². The largest absolute Gasteiger partial charge is 0.376 e. The van der Waals surface area contributed by atoms with E-state index in [1.807, 2.05) is 52.9 Å². The Kier molecular flexibility index (Phi) is 6.62. The average Bonchev–Trinajstić information content (AvgIpc) is 3.52. The fourth-order valence-electron chi connectivity index (χ4n) is 4.54. The molecule has 174 valence electrons. The monoisotopic (exact) mass is 455 g/mol. The van der Waals surface area contributed by atoms with E-state index in [1.54, 1.807) is 12.4 Å². The lowest BCUT2D eigenvalue weighted by atomic mass is 10.0. The van der Waals surface area contributed by atoms with Gasteiger partial charge in [-0.25, -0.2) is 9.67 Å². The van der Waals surface area contributed by atoms with Crippen molar-refractivity contribution in [3.8, 4) is 11.4 Å². The first-order chi connectivity index (χ1) is 16.7. The van der Waals surface area contributed by atoms with Gasteiger partial charge < -0.3 is 9.64 Å². The molecule has 1 aliphatic rings. The molecule has 0 aliphatic carbocycles. The molecule has 34 heavy (non-hydrogen) atoms. The van der Waals surface area contributed by atoms with E-state index in [0.29, 0.717) is 31.9 Å². The predicted molar refractivity (Wildman–Crippen MR) is 131 cm³/mol. The molecule has 0 spiro atoms. The number of pyridine rings is 1. The van der Waals surface area contributed by atoms with Crippen LogP contribution < -0.4 is 0 Å². The molecular formula is C27H29N5O2. The minimum Gasteiger partial charge on any atom is -0.376 e. The van der Waals surface area contributed by atoms with Crippen molar-refractivity contribution in [3.05, 3.63) is 78.4 Å². The maximum Gasteiger partial charge on any atom is 0.227 e. The molecule has 0 N–H and O–H groups in total. The fraction of sp³-hybridized carbons (Fsp3) is 0.333. The van der Waals surface area contributed by atoms with E-state index in [9.17, 15) is 4.79 Å². The lowest BCUT2D eigenvalue weighted by molar-refractivity contribution is -0.132. The van der Waals surface area contributed by atoms with Crippen molar-refractivity contribution >= 4 is 16.7 Å². The van der Waals surface area contributed by atoms with Crippen LogP contribution in [-0.4, -0.2) is 56.4 Å². The summed E-state index contributed by atoms with van der Waals surface area (Å²) in [6.07, 6.45) is 5.98. The van der Waals surface area contributed by atoms with Gasteiger partial charge in [0.1, 0.15) is 5.82 Å². The molecule has 1 saturated heterocycles. The van der Waals surface area contributed by atoms with Crippen molar-refractivity contribution in [1.29, 1.82) is 0 Å². The SMILES string of the molecule is Cc1nc(-c2ccncc2)nn1CCN(CC1CCCO1)C(=O)Cc1cccc2ccccc12. The van der Waals surface area contributed by atoms with E-state index in [0.717, 1.165) is 47.2 Å². The van der Waals surface area contributed by atoms with Crippen LogP contribution in [0.5, 0.6) is 0 Å². The van der Waals surface area contributed by atoms with E-state index >= 15 is 0 Å². The Morgan fingerprint density at radius 1 is 1.12 bits per heavy atom. The molecule has 2 aromatic heterocycles. The van der Waals surface area contributed by atoms with E-state index in [4.69, 9.17) is 4.74 Å². The molecule has 0 saturated carbocycles. The van der Waals surface area contributed by atoms with Crippen molar-refractivity contribution in [2.24, 2.45) is 0 Å². The van der Waals surface area contributed by atoms with Gasteiger partial charge in [0.15, 0.2) is 5.82 Å². The number of fused-ring (bicyclic) bond motifs is 1. The Bertz CT molecular complexity index is 1260. The van der Waals surface area contributed by atoms with Gasteiger partial charge >= 0.3 is 0 Å². The average molecular weight is 456 g/mol. The van der Waals surface area contributed by atoms with Crippen LogP contribution in [0.4, 0.5) is 0 Å². The van der Waals surface area contributed by atoms with Crippen LogP contribution in [0, 0.1) is 6.92 Å². The first-order valence-electron chi connectivity index (χ1n) is 11.9. The number of aromatic nitrogens is 4. The Hall–Kier alpha value is -3.58. The summed E-state index contributed by atoms with van der Waals surface area (Å²) in [7, 11) is 0. The van der Waals surface area contributed by atoms with Gasteiger partial charge in [-0.15, -0.1) is 0 Å². The summed E-state index contributed by atoms with van der Waals surface area (Å²) in [4.78, 5) is 24.1. The second kappa shape index (κ2) is 10.1. The van der Waals surface area contributed by atoms with Gasteiger partial charge in [-0.3, -0.25) is 9.78 Å². The van der Waals surface area contributed by atoms with Gasteiger partial charge in [0.25, 0.3) is 0 Å². The minimum atomic E-state index is 0.0979. The molecule has 2 aromatic carbocycles. The van der Waals surface area contributed by atoms with Crippen molar-refractivity contribution in [2.75, 3.05) is 19.7 Å². The highest BCUT2D eigenvalue weighted by atomic mass is 16.5. The number of rotatable bonds is 8. The first-order valence-corrected chi connectivity index (χ1v) is 11.9. The summed E-state index contributed by atoms with van der Waals surface area (Å²) in [6.45, 7) is 4.46. The molecule has 5 rings (SSSR count). The summed E-state index contributed by atoms with van der Waals surface area (Å²) in [6, 6.07) is 18.2. The second-order valence-electron chi connectivity index (χ2n) is 8.73. The number of aryl methyl sites for hydroxylation is 1. The Balaban J connectivity index is 1.33. The molecule has 7 heteroatoms. The van der Waals surface area contributed by atoms with Gasteiger partial charge in [-0.05, 0) is 48.2 Å². The Labute approximate surface area is 199 Å². The van der Waals surface area contributed by atoms with Crippen LogP contribution in [0.3, 0.4) is 0 Å². The summed E-state index contributed by atoms with van der Waals surface area (Å²) < 4.78 is 7.74. The number of ether oxygens (including phenoxy) is 1.